The summed E-state index contributed by atoms with van der Waals surface area (Å²) in [5, 5.41) is 3.58. The number of hydrogen-bond acceptors (Lipinski definition) is 2. The molecule has 1 aliphatic rings. The average Bonchev–Trinajstić information content (AvgIpc) is 2.69. The average molecular weight is 205 g/mol. The summed E-state index contributed by atoms with van der Waals surface area (Å²) >= 11 is 0. The Morgan fingerprint density at radius 1 is 1.47 bits per heavy atom. The van der Waals surface area contributed by atoms with Gasteiger partial charge in [-0.15, -0.1) is 0 Å². The van der Waals surface area contributed by atoms with Gasteiger partial charge in [-0.05, 0) is 23.5 Å². The fourth-order valence-corrected chi connectivity index (χ4v) is 2.31. The fourth-order valence-electron chi connectivity index (χ4n) is 2.31. The third kappa shape index (κ3) is 2.21. The van der Waals surface area contributed by atoms with Crippen molar-refractivity contribution in [1.29, 1.82) is 0 Å². The molecule has 0 spiro atoms. The maximum Gasteiger partial charge on any atom is 0.0465 e. The topological polar surface area (TPSA) is 21.3 Å². The molecule has 0 radical (unpaired) electrons. The van der Waals surface area contributed by atoms with Crippen LogP contribution in [0, 0.1) is 5.92 Å². The van der Waals surface area contributed by atoms with Gasteiger partial charge in [0.2, 0.25) is 0 Å². The lowest BCUT2D eigenvalue weighted by Gasteiger charge is -2.20. The SMILES string of the molecule is COCCC(C)C1NCc2ccccc21. The first-order chi connectivity index (χ1) is 7.33. The Balaban J connectivity index is 2.06. The normalized spacial score (nSPS) is 21.3. The van der Waals surface area contributed by atoms with Crippen LogP contribution in [0.25, 0.3) is 0 Å². The van der Waals surface area contributed by atoms with Crippen molar-refractivity contribution < 1.29 is 4.74 Å². The number of hydrogen-bond donors (Lipinski definition) is 1. The van der Waals surface area contributed by atoms with Crippen LogP contribution in [-0.4, -0.2) is 13.7 Å². The molecule has 0 saturated heterocycles. The van der Waals surface area contributed by atoms with Gasteiger partial charge >= 0.3 is 0 Å². The summed E-state index contributed by atoms with van der Waals surface area (Å²) in [6, 6.07) is 9.20. The van der Waals surface area contributed by atoms with Gasteiger partial charge in [-0.1, -0.05) is 31.2 Å². The molecule has 2 atom stereocenters. The van der Waals surface area contributed by atoms with E-state index in [0.717, 1.165) is 19.6 Å². The molecule has 0 fully saturated rings. The largest absolute Gasteiger partial charge is 0.385 e. The molecule has 0 amide bonds. The van der Waals surface area contributed by atoms with E-state index in [0.29, 0.717) is 12.0 Å². The van der Waals surface area contributed by atoms with E-state index < -0.39 is 0 Å². The maximum absolute atomic E-state index is 5.13. The molecule has 1 aromatic carbocycles. The van der Waals surface area contributed by atoms with Crippen molar-refractivity contribution in [3.05, 3.63) is 35.4 Å². The minimum absolute atomic E-state index is 0.511. The summed E-state index contributed by atoms with van der Waals surface area (Å²) in [6.07, 6.45) is 1.11. The summed E-state index contributed by atoms with van der Waals surface area (Å²) in [5.41, 5.74) is 2.92. The standard InChI is InChI=1S/C13H19NO/c1-10(7-8-15-2)13-12-6-4-3-5-11(12)9-14-13/h3-6,10,13-14H,7-9H2,1-2H3. The van der Waals surface area contributed by atoms with Gasteiger partial charge in [-0.3, -0.25) is 0 Å². The van der Waals surface area contributed by atoms with Gasteiger partial charge in [0.05, 0.1) is 0 Å². The van der Waals surface area contributed by atoms with Crippen LogP contribution < -0.4 is 5.32 Å². The van der Waals surface area contributed by atoms with Crippen LogP contribution in [0.4, 0.5) is 0 Å². The lowest BCUT2D eigenvalue weighted by atomic mass is 9.92. The van der Waals surface area contributed by atoms with E-state index in [9.17, 15) is 0 Å². The zero-order valence-electron chi connectivity index (χ0n) is 9.49. The molecule has 0 aromatic heterocycles. The van der Waals surface area contributed by atoms with Gasteiger partial charge in [0, 0.05) is 26.3 Å². The lowest BCUT2D eigenvalue weighted by molar-refractivity contribution is 0.171. The van der Waals surface area contributed by atoms with Crippen molar-refractivity contribution in [3.63, 3.8) is 0 Å². The van der Waals surface area contributed by atoms with Crippen LogP contribution in [0.1, 0.15) is 30.5 Å². The van der Waals surface area contributed by atoms with E-state index in [1.54, 1.807) is 7.11 Å². The molecule has 1 N–H and O–H groups in total. The lowest BCUT2D eigenvalue weighted by Crippen LogP contribution is -2.20. The number of fused-ring (bicyclic) bond motifs is 1. The van der Waals surface area contributed by atoms with Crippen LogP contribution in [0.15, 0.2) is 24.3 Å². The fraction of sp³-hybridized carbons (Fsp3) is 0.538. The van der Waals surface area contributed by atoms with Crippen molar-refractivity contribution in [3.8, 4) is 0 Å². The van der Waals surface area contributed by atoms with Gasteiger partial charge in [-0.25, -0.2) is 0 Å². The molecule has 1 aromatic rings. The predicted octanol–water partition coefficient (Wildman–Crippen LogP) is 2.50. The third-order valence-corrected chi connectivity index (χ3v) is 3.25. The summed E-state index contributed by atoms with van der Waals surface area (Å²) in [4.78, 5) is 0. The van der Waals surface area contributed by atoms with E-state index in [1.807, 2.05) is 0 Å². The second-order valence-electron chi connectivity index (χ2n) is 4.32. The van der Waals surface area contributed by atoms with Crippen molar-refractivity contribution in [2.24, 2.45) is 5.92 Å². The molecule has 2 nitrogen and oxygen atoms in total. The molecule has 82 valence electrons. The van der Waals surface area contributed by atoms with Gasteiger partial charge in [0.15, 0.2) is 0 Å². The Kier molecular flexibility index (Phi) is 3.39. The van der Waals surface area contributed by atoms with Gasteiger partial charge < -0.3 is 10.1 Å². The highest BCUT2D eigenvalue weighted by molar-refractivity contribution is 5.34. The first-order valence-corrected chi connectivity index (χ1v) is 5.63. The molecule has 0 aliphatic carbocycles. The summed E-state index contributed by atoms with van der Waals surface area (Å²) < 4.78 is 5.13. The quantitative estimate of drug-likeness (QED) is 0.815. The Morgan fingerprint density at radius 3 is 3.07 bits per heavy atom. The minimum Gasteiger partial charge on any atom is -0.385 e. The number of ether oxygens (including phenoxy) is 1. The molecule has 1 heterocycles. The molecular formula is C13H19NO. The molecular weight excluding hydrogens is 186 g/mol. The highest BCUT2D eigenvalue weighted by Crippen LogP contribution is 2.32. The van der Waals surface area contributed by atoms with Crippen molar-refractivity contribution >= 4 is 0 Å². The summed E-state index contributed by atoms with van der Waals surface area (Å²) in [6.45, 7) is 4.15. The van der Waals surface area contributed by atoms with Gasteiger partial charge in [0.25, 0.3) is 0 Å². The van der Waals surface area contributed by atoms with Crippen molar-refractivity contribution in [1.82, 2.24) is 5.32 Å². The van der Waals surface area contributed by atoms with Gasteiger partial charge in [0.1, 0.15) is 0 Å². The Labute approximate surface area is 91.6 Å². The molecule has 2 heteroatoms. The number of nitrogens with one attached hydrogen (secondary N) is 1. The van der Waals surface area contributed by atoms with Crippen LogP contribution in [0.5, 0.6) is 0 Å². The van der Waals surface area contributed by atoms with E-state index in [1.165, 1.54) is 11.1 Å². The van der Waals surface area contributed by atoms with Gasteiger partial charge in [-0.2, -0.15) is 0 Å². The highest BCUT2D eigenvalue weighted by Gasteiger charge is 2.25. The van der Waals surface area contributed by atoms with Crippen molar-refractivity contribution in [2.75, 3.05) is 13.7 Å². The summed E-state index contributed by atoms with van der Waals surface area (Å²) in [7, 11) is 1.77. The Morgan fingerprint density at radius 2 is 2.27 bits per heavy atom. The Bertz CT molecular complexity index is 324. The van der Waals surface area contributed by atoms with E-state index in [-0.39, 0.29) is 0 Å². The van der Waals surface area contributed by atoms with Crippen LogP contribution >= 0.6 is 0 Å². The summed E-state index contributed by atoms with van der Waals surface area (Å²) in [5.74, 6) is 0.633. The van der Waals surface area contributed by atoms with Crippen LogP contribution in [-0.2, 0) is 11.3 Å². The molecule has 0 bridgehead atoms. The monoisotopic (exact) mass is 205 g/mol. The Hall–Kier alpha value is -0.860. The van der Waals surface area contributed by atoms with E-state index in [2.05, 4.69) is 36.5 Å². The first kappa shape index (κ1) is 10.7. The van der Waals surface area contributed by atoms with Crippen molar-refractivity contribution in [2.45, 2.75) is 25.9 Å². The van der Waals surface area contributed by atoms with Crippen LogP contribution in [0.2, 0.25) is 0 Å². The second-order valence-corrected chi connectivity index (χ2v) is 4.32. The molecule has 15 heavy (non-hydrogen) atoms. The van der Waals surface area contributed by atoms with Crippen LogP contribution in [0.3, 0.4) is 0 Å². The number of benzene rings is 1. The zero-order chi connectivity index (χ0) is 10.7. The highest BCUT2D eigenvalue weighted by atomic mass is 16.5. The second kappa shape index (κ2) is 4.77. The minimum atomic E-state index is 0.511. The molecule has 2 unspecified atom stereocenters. The smallest absolute Gasteiger partial charge is 0.0465 e. The third-order valence-electron chi connectivity index (χ3n) is 3.25. The molecule has 1 aliphatic heterocycles. The molecule has 0 saturated carbocycles. The maximum atomic E-state index is 5.13. The predicted molar refractivity (Wildman–Crippen MR) is 61.7 cm³/mol. The van der Waals surface area contributed by atoms with E-state index >= 15 is 0 Å². The zero-order valence-corrected chi connectivity index (χ0v) is 9.49. The van der Waals surface area contributed by atoms with E-state index in [4.69, 9.17) is 4.74 Å². The number of rotatable bonds is 4. The molecule has 2 rings (SSSR count). The first-order valence-electron chi connectivity index (χ1n) is 5.63. The number of methoxy groups -OCH3 is 1.